The van der Waals surface area contributed by atoms with Gasteiger partial charge in [-0.25, -0.2) is 4.79 Å². The molecule has 0 aromatic heterocycles. The molecule has 2 heterocycles. The zero-order valence-corrected chi connectivity index (χ0v) is 19.7. The van der Waals surface area contributed by atoms with E-state index < -0.39 is 30.6 Å². The highest BCUT2D eigenvalue weighted by molar-refractivity contribution is 6.02. The molecular weight excluding hydrogens is 477 g/mol. The first kappa shape index (κ1) is 25.5. The molecule has 2 aromatic rings. The van der Waals surface area contributed by atoms with E-state index in [2.05, 4.69) is 0 Å². The number of halogens is 3. The van der Waals surface area contributed by atoms with Crippen LogP contribution in [0.15, 0.2) is 48.5 Å². The number of piperazine rings is 1. The lowest BCUT2D eigenvalue weighted by atomic mass is 9.97. The SMILES string of the molecule is CN1CCN(C(=O)CN(C(=O)C(F)(F)F)c2cccc3c2CCN(C(=O)O)C3)C(c2ccccc2)C1. The Bertz CT molecular complexity index is 1140. The maximum Gasteiger partial charge on any atom is 0.471 e. The summed E-state index contributed by atoms with van der Waals surface area (Å²) in [5.74, 6) is -2.72. The number of amides is 3. The van der Waals surface area contributed by atoms with Crippen LogP contribution in [-0.4, -0.2) is 83.7 Å². The molecule has 8 nitrogen and oxygen atoms in total. The number of carbonyl (C=O) groups excluding carboxylic acids is 2. The Morgan fingerprint density at radius 2 is 1.75 bits per heavy atom. The summed E-state index contributed by atoms with van der Waals surface area (Å²) in [6.07, 6.45) is -6.19. The molecular formula is C25H27F3N4O4. The lowest BCUT2D eigenvalue weighted by Crippen LogP contribution is -2.54. The number of benzene rings is 2. The second-order valence-electron chi connectivity index (χ2n) is 9.03. The van der Waals surface area contributed by atoms with E-state index in [9.17, 15) is 32.7 Å². The van der Waals surface area contributed by atoms with Gasteiger partial charge < -0.3 is 19.8 Å². The average molecular weight is 505 g/mol. The third kappa shape index (κ3) is 5.30. The number of likely N-dealkylation sites (N-methyl/N-ethyl adjacent to an activating group) is 1. The van der Waals surface area contributed by atoms with E-state index in [0.717, 1.165) is 10.5 Å². The summed E-state index contributed by atoms with van der Waals surface area (Å²) in [6.45, 7) is 0.668. The van der Waals surface area contributed by atoms with Crippen molar-refractivity contribution in [3.8, 4) is 0 Å². The normalized spacial score (nSPS) is 18.5. The monoisotopic (exact) mass is 504 g/mol. The Morgan fingerprint density at radius 3 is 2.42 bits per heavy atom. The van der Waals surface area contributed by atoms with E-state index in [0.29, 0.717) is 35.7 Å². The number of hydrogen-bond acceptors (Lipinski definition) is 4. The molecule has 1 atom stereocenters. The molecule has 0 saturated carbocycles. The van der Waals surface area contributed by atoms with Gasteiger partial charge in [-0.1, -0.05) is 42.5 Å². The Morgan fingerprint density at radius 1 is 1.03 bits per heavy atom. The predicted octanol–water partition coefficient (Wildman–Crippen LogP) is 3.13. The van der Waals surface area contributed by atoms with E-state index in [1.807, 2.05) is 42.3 Å². The van der Waals surface area contributed by atoms with Crippen molar-refractivity contribution in [2.24, 2.45) is 0 Å². The van der Waals surface area contributed by atoms with Crippen LogP contribution in [0.3, 0.4) is 0 Å². The van der Waals surface area contributed by atoms with Crippen molar-refractivity contribution in [3.05, 3.63) is 65.2 Å². The summed E-state index contributed by atoms with van der Waals surface area (Å²) in [6, 6.07) is 13.4. The van der Waals surface area contributed by atoms with Gasteiger partial charge in [0.1, 0.15) is 6.54 Å². The summed E-state index contributed by atoms with van der Waals surface area (Å²) in [5.41, 5.74) is 1.80. The van der Waals surface area contributed by atoms with Crippen LogP contribution in [0.1, 0.15) is 22.7 Å². The molecule has 2 aromatic carbocycles. The van der Waals surface area contributed by atoms with Gasteiger partial charge >= 0.3 is 18.2 Å². The lowest BCUT2D eigenvalue weighted by Gasteiger charge is -2.41. The molecule has 1 fully saturated rings. The van der Waals surface area contributed by atoms with Gasteiger partial charge in [-0.2, -0.15) is 13.2 Å². The van der Waals surface area contributed by atoms with Gasteiger partial charge in [-0.15, -0.1) is 0 Å². The summed E-state index contributed by atoms with van der Waals surface area (Å²) in [7, 11) is 1.91. The van der Waals surface area contributed by atoms with Crippen LogP contribution in [-0.2, 0) is 22.6 Å². The Hall–Kier alpha value is -3.60. The van der Waals surface area contributed by atoms with E-state index >= 15 is 0 Å². The highest BCUT2D eigenvalue weighted by Gasteiger charge is 2.45. The zero-order valence-electron chi connectivity index (χ0n) is 19.7. The van der Waals surface area contributed by atoms with Gasteiger partial charge in [-0.05, 0) is 36.2 Å². The van der Waals surface area contributed by atoms with Crippen LogP contribution in [0, 0.1) is 0 Å². The van der Waals surface area contributed by atoms with Crippen molar-refractivity contribution in [2.75, 3.05) is 44.7 Å². The zero-order chi connectivity index (χ0) is 26.0. The molecule has 1 saturated heterocycles. The molecule has 0 spiro atoms. The van der Waals surface area contributed by atoms with Crippen molar-refractivity contribution in [1.82, 2.24) is 14.7 Å². The topological polar surface area (TPSA) is 84.4 Å². The van der Waals surface area contributed by atoms with E-state index in [1.54, 1.807) is 6.07 Å². The molecule has 4 rings (SSSR count). The van der Waals surface area contributed by atoms with Gasteiger partial charge in [0, 0.05) is 38.4 Å². The lowest BCUT2D eigenvalue weighted by molar-refractivity contribution is -0.170. The highest BCUT2D eigenvalue weighted by atomic mass is 19.4. The highest BCUT2D eigenvalue weighted by Crippen LogP contribution is 2.33. The number of hydrogen-bond donors (Lipinski definition) is 1. The molecule has 1 N–H and O–H groups in total. The summed E-state index contributed by atoms with van der Waals surface area (Å²) in [4.78, 5) is 42.6. The van der Waals surface area contributed by atoms with Gasteiger partial charge in [0.05, 0.1) is 6.04 Å². The Balaban J connectivity index is 1.67. The van der Waals surface area contributed by atoms with Gasteiger partial charge in [0.15, 0.2) is 0 Å². The molecule has 0 radical (unpaired) electrons. The molecule has 3 amide bonds. The average Bonchev–Trinajstić information content (AvgIpc) is 2.86. The van der Waals surface area contributed by atoms with Crippen LogP contribution in [0.4, 0.5) is 23.7 Å². The van der Waals surface area contributed by atoms with Crippen molar-refractivity contribution >= 4 is 23.6 Å². The molecule has 192 valence electrons. The number of rotatable bonds is 4. The van der Waals surface area contributed by atoms with Crippen LogP contribution in [0.2, 0.25) is 0 Å². The molecule has 0 bridgehead atoms. The fourth-order valence-corrected chi connectivity index (χ4v) is 4.83. The van der Waals surface area contributed by atoms with Crippen LogP contribution < -0.4 is 4.90 Å². The minimum atomic E-state index is -5.19. The van der Waals surface area contributed by atoms with Gasteiger partial charge in [-0.3, -0.25) is 14.5 Å². The molecule has 36 heavy (non-hydrogen) atoms. The standard InChI is InChI=1S/C25H27F3N4O4/c1-29-12-13-31(21(15-29)17-6-3-2-4-7-17)22(33)16-32(23(34)25(26,27)28)20-9-5-8-18-14-30(24(35)36)11-10-19(18)20/h2-9,21H,10-16H2,1H3,(H,35,36). The van der Waals surface area contributed by atoms with E-state index in [4.69, 9.17) is 0 Å². The molecule has 11 heteroatoms. The number of fused-ring (bicyclic) bond motifs is 1. The predicted molar refractivity (Wildman–Crippen MR) is 125 cm³/mol. The first-order chi connectivity index (χ1) is 17.1. The van der Waals surface area contributed by atoms with Crippen LogP contribution >= 0.6 is 0 Å². The number of anilines is 1. The third-order valence-electron chi connectivity index (χ3n) is 6.67. The second kappa shape index (κ2) is 10.2. The van der Waals surface area contributed by atoms with Gasteiger partial charge in [0.25, 0.3) is 0 Å². The molecule has 2 aliphatic heterocycles. The first-order valence-electron chi connectivity index (χ1n) is 11.6. The summed E-state index contributed by atoms with van der Waals surface area (Å²) in [5, 5.41) is 9.30. The van der Waals surface area contributed by atoms with E-state index in [-0.39, 0.29) is 31.2 Å². The van der Waals surface area contributed by atoms with Crippen molar-refractivity contribution in [1.29, 1.82) is 0 Å². The van der Waals surface area contributed by atoms with Gasteiger partial charge in [0.2, 0.25) is 5.91 Å². The van der Waals surface area contributed by atoms with Crippen molar-refractivity contribution < 1.29 is 32.7 Å². The Kier molecular flexibility index (Phi) is 7.21. The minimum absolute atomic E-state index is 0.00492. The molecule has 2 aliphatic rings. The Labute approximate surface area is 206 Å². The second-order valence-corrected chi connectivity index (χ2v) is 9.03. The smallest absolute Gasteiger partial charge is 0.465 e. The largest absolute Gasteiger partial charge is 0.471 e. The number of carboxylic acid groups (broad SMARTS) is 1. The molecule has 0 aliphatic carbocycles. The quantitative estimate of drug-likeness (QED) is 0.692. The maximum absolute atomic E-state index is 13.7. The number of carbonyl (C=O) groups is 3. The fourth-order valence-electron chi connectivity index (χ4n) is 4.83. The summed E-state index contributed by atoms with van der Waals surface area (Å²) >= 11 is 0. The third-order valence-corrected chi connectivity index (χ3v) is 6.67. The molecule has 1 unspecified atom stereocenters. The van der Waals surface area contributed by atoms with E-state index in [1.165, 1.54) is 17.0 Å². The van der Waals surface area contributed by atoms with Crippen LogP contribution in [0.5, 0.6) is 0 Å². The first-order valence-corrected chi connectivity index (χ1v) is 11.6. The fraction of sp³-hybridized carbons (Fsp3) is 0.400. The van der Waals surface area contributed by atoms with Crippen molar-refractivity contribution in [3.63, 3.8) is 0 Å². The summed E-state index contributed by atoms with van der Waals surface area (Å²) < 4.78 is 41.0. The van der Waals surface area contributed by atoms with Crippen molar-refractivity contribution in [2.45, 2.75) is 25.2 Å². The minimum Gasteiger partial charge on any atom is -0.465 e. The number of nitrogens with zero attached hydrogens (tertiary/aromatic N) is 4. The maximum atomic E-state index is 13.7. The number of alkyl halides is 3. The van der Waals surface area contributed by atoms with Crippen LogP contribution in [0.25, 0.3) is 0 Å².